The van der Waals surface area contributed by atoms with Crippen molar-refractivity contribution in [3.63, 3.8) is 0 Å². The molecule has 1 aromatic heterocycles. The van der Waals surface area contributed by atoms with Gasteiger partial charge in [-0.2, -0.15) is 0 Å². The van der Waals surface area contributed by atoms with Crippen LogP contribution in [0.5, 0.6) is 0 Å². The van der Waals surface area contributed by atoms with Gasteiger partial charge in [0.1, 0.15) is 0 Å². The van der Waals surface area contributed by atoms with E-state index in [0.717, 1.165) is 29.2 Å². The fraction of sp³-hybridized carbons (Fsp3) is 0.375. The number of rotatable bonds is 6. The van der Waals surface area contributed by atoms with Crippen molar-refractivity contribution in [1.82, 2.24) is 4.98 Å². The molecule has 1 unspecified atom stereocenters. The summed E-state index contributed by atoms with van der Waals surface area (Å²) in [5, 5.41) is 2.01. The van der Waals surface area contributed by atoms with Gasteiger partial charge in [-0.1, -0.05) is 25.1 Å². The number of Topliss-reactive ketones (excluding diaryl/α,β-unsaturated/α-hetero) is 1. The predicted octanol–water partition coefficient (Wildman–Crippen LogP) is 3.18. The summed E-state index contributed by atoms with van der Waals surface area (Å²) in [5.41, 5.74) is 6.31. The molecule has 0 amide bonds. The Balaban J connectivity index is 2.13. The van der Waals surface area contributed by atoms with Crippen molar-refractivity contribution in [1.29, 1.82) is 0 Å². The van der Waals surface area contributed by atoms with Crippen molar-refractivity contribution >= 4 is 16.6 Å². The lowest BCUT2D eigenvalue weighted by molar-refractivity contribution is 0.0975. The molecule has 0 saturated carbocycles. The molecule has 0 fully saturated rings. The molecule has 100 valence electrons. The second kappa shape index (κ2) is 6.43. The quantitative estimate of drug-likeness (QED) is 0.807. The van der Waals surface area contributed by atoms with Gasteiger partial charge < -0.3 is 5.73 Å². The Labute approximate surface area is 113 Å². The van der Waals surface area contributed by atoms with E-state index in [2.05, 4.69) is 11.9 Å². The fourth-order valence-corrected chi connectivity index (χ4v) is 2.30. The average Bonchev–Trinajstić information content (AvgIpc) is 2.44. The van der Waals surface area contributed by atoms with Crippen LogP contribution in [0.4, 0.5) is 0 Å². The van der Waals surface area contributed by atoms with E-state index in [1.165, 1.54) is 0 Å². The fourth-order valence-electron chi connectivity index (χ4n) is 2.30. The molecular formula is C16H20N2O. The Morgan fingerprint density at radius 2 is 2.16 bits per heavy atom. The first kappa shape index (κ1) is 13.7. The molecule has 0 aliphatic rings. The standard InChI is InChI=1S/C16H20N2O/c1-12(7-9-17)5-6-16(19)14-4-2-3-13-8-10-18-11-15(13)14/h2-4,8,10-12H,5-7,9,17H2,1H3. The number of ketones is 1. The van der Waals surface area contributed by atoms with Crippen molar-refractivity contribution in [3.8, 4) is 0 Å². The molecule has 3 nitrogen and oxygen atoms in total. The highest BCUT2D eigenvalue weighted by molar-refractivity contribution is 6.07. The highest BCUT2D eigenvalue weighted by Gasteiger charge is 2.11. The molecule has 3 heteroatoms. The number of hydrogen-bond donors (Lipinski definition) is 1. The van der Waals surface area contributed by atoms with E-state index < -0.39 is 0 Å². The predicted molar refractivity (Wildman–Crippen MR) is 78.1 cm³/mol. The third kappa shape index (κ3) is 3.38. The zero-order valence-corrected chi connectivity index (χ0v) is 11.3. The molecule has 19 heavy (non-hydrogen) atoms. The van der Waals surface area contributed by atoms with Crippen molar-refractivity contribution in [2.75, 3.05) is 6.54 Å². The van der Waals surface area contributed by atoms with Gasteiger partial charge in [0.2, 0.25) is 0 Å². The lowest BCUT2D eigenvalue weighted by Gasteiger charge is -2.10. The summed E-state index contributed by atoms with van der Waals surface area (Å²) in [4.78, 5) is 16.4. The number of nitrogens with zero attached hydrogens (tertiary/aromatic N) is 1. The molecular weight excluding hydrogens is 236 g/mol. The Bertz CT molecular complexity index is 560. The molecule has 1 heterocycles. The Hall–Kier alpha value is -1.74. The summed E-state index contributed by atoms with van der Waals surface area (Å²) in [5.74, 6) is 0.699. The van der Waals surface area contributed by atoms with E-state index in [1.807, 2.05) is 24.3 Å². The third-order valence-corrected chi connectivity index (χ3v) is 3.51. The van der Waals surface area contributed by atoms with Gasteiger partial charge in [-0.05, 0) is 36.8 Å². The summed E-state index contributed by atoms with van der Waals surface area (Å²) in [7, 11) is 0. The highest BCUT2D eigenvalue weighted by Crippen LogP contribution is 2.20. The number of aromatic nitrogens is 1. The second-order valence-corrected chi connectivity index (χ2v) is 5.05. The number of carbonyl (C=O) groups is 1. The van der Waals surface area contributed by atoms with Crippen molar-refractivity contribution in [3.05, 3.63) is 42.2 Å². The first-order valence-electron chi connectivity index (χ1n) is 6.78. The summed E-state index contributed by atoms with van der Waals surface area (Å²) in [6, 6.07) is 7.76. The van der Waals surface area contributed by atoms with Crippen molar-refractivity contribution < 1.29 is 4.79 Å². The maximum absolute atomic E-state index is 12.3. The van der Waals surface area contributed by atoms with E-state index in [-0.39, 0.29) is 5.78 Å². The largest absolute Gasteiger partial charge is 0.330 e. The van der Waals surface area contributed by atoms with Crippen LogP contribution in [-0.2, 0) is 0 Å². The normalized spacial score (nSPS) is 12.5. The number of benzene rings is 1. The summed E-state index contributed by atoms with van der Waals surface area (Å²) in [6.07, 6.45) is 5.97. The summed E-state index contributed by atoms with van der Waals surface area (Å²) >= 11 is 0. The maximum Gasteiger partial charge on any atom is 0.163 e. The van der Waals surface area contributed by atoms with Crippen LogP contribution in [0.3, 0.4) is 0 Å². The Kier molecular flexibility index (Phi) is 4.63. The molecule has 0 aliphatic carbocycles. The van der Waals surface area contributed by atoms with Gasteiger partial charge in [-0.3, -0.25) is 9.78 Å². The SMILES string of the molecule is CC(CCN)CCC(=O)c1cccc2ccncc12. The molecule has 2 rings (SSSR count). The second-order valence-electron chi connectivity index (χ2n) is 5.05. The molecule has 0 saturated heterocycles. The number of hydrogen-bond acceptors (Lipinski definition) is 3. The average molecular weight is 256 g/mol. The van der Waals surface area contributed by atoms with E-state index in [0.29, 0.717) is 18.9 Å². The van der Waals surface area contributed by atoms with Crippen LogP contribution in [0.1, 0.15) is 36.5 Å². The highest BCUT2D eigenvalue weighted by atomic mass is 16.1. The minimum atomic E-state index is 0.197. The van der Waals surface area contributed by atoms with E-state index in [1.54, 1.807) is 12.4 Å². The van der Waals surface area contributed by atoms with E-state index >= 15 is 0 Å². The molecule has 1 atom stereocenters. The van der Waals surface area contributed by atoms with Gasteiger partial charge in [0.15, 0.2) is 5.78 Å². The molecule has 0 aliphatic heterocycles. The van der Waals surface area contributed by atoms with Gasteiger partial charge in [0, 0.05) is 29.8 Å². The number of fused-ring (bicyclic) bond motifs is 1. The van der Waals surface area contributed by atoms with Crippen LogP contribution >= 0.6 is 0 Å². The van der Waals surface area contributed by atoms with E-state index in [9.17, 15) is 4.79 Å². The Morgan fingerprint density at radius 3 is 2.95 bits per heavy atom. The van der Waals surface area contributed by atoms with Crippen LogP contribution in [0, 0.1) is 5.92 Å². The van der Waals surface area contributed by atoms with Gasteiger partial charge in [0.05, 0.1) is 0 Å². The minimum Gasteiger partial charge on any atom is -0.330 e. The van der Waals surface area contributed by atoms with Gasteiger partial charge in [0.25, 0.3) is 0 Å². The van der Waals surface area contributed by atoms with Crippen LogP contribution in [0.2, 0.25) is 0 Å². The van der Waals surface area contributed by atoms with Crippen molar-refractivity contribution in [2.45, 2.75) is 26.2 Å². The van der Waals surface area contributed by atoms with Crippen LogP contribution in [0.25, 0.3) is 10.8 Å². The number of nitrogens with two attached hydrogens (primary N) is 1. The minimum absolute atomic E-state index is 0.197. The maximum atomic E-state index is 12.3. The topological polar surface area (TPSA) is 56.0 Å². The van der Waals surface area contributed by atoms with Crippen LogP contribution in [0.15, 0.2) is 36.7 Å². The van der Waals surface area contributed by atoms with Gasteiger partial charge in [-0.15, -0.1) is 0 Å². The number of carbonyl (C=O) groups excluding carboxylic acids is 1. The molecule has 0 spiro atoms. The first-order valence-corrected chi connectivity index (χ1v) is 6.78. The lowest BCUT2D eigenvalue weighted by atomic mass is 9.95. The first-order chi connectivity index (χ1) is 9.22. The van der Waals surface area contributed by atoms with Crippen LogP contribution < -0.4 is 5.73 Å². The summed E-state index contributed by atoms with van der Waals surface area (Å²) in [6.45, 7) is 2.83. The van der Waals surface area contributed by atoms with E-state index in [4.69, 9.17) is 5.73 Å². The van der Waals surface area contributed by atoms with Gasteiger partial charge in [-0.25, -0.2) is 0 Å². The Morgan fingerprint density at radius 1 is 1.32 bits per heavy atom. The molecule has 2 aromatic rings. The van der Waals surface area contributed by atoms with Gasteiger partial charge >= 0.3 is 0 Å². The zero-order valence-electron chi connectivity index (χ0n) is 11.3. The summed E-state index contributed by atoms with van der Waals surface area (Å²) < 4.78 is 0. The molecule has 0 bridgehead atoms. The number of pyridine rings is 1. The lowest BCUT2D eigenvalue weighted by Crippen LogP contribution is -2.08. The molecule has 0 radical (unpaired) electrons. The third-order valence-electron chi connectivity index (χ3n) is 3.51. The van der Waals surface area contributed by atoms with Crippen molar-refractivity contribution in [2.24, 2.45) is 11.7 Å². The monoisotopic (exact) mass is 256 g/mol. The molecule has 1 aromatic carbocycles. The van der Waals surface area contributed by atoms with Crippen LogP contribution in [-0.4, -0.2) is 17.3 Å². The smallest absolute Gasteiger partial charge is 0.163 e. The zero-order chi connectivity index (χ0) is 13.7. The molecule has 2 N–H and O–H groups in total.